The van der Waals surface area contributed by atoms with E-state index in [9.17, 15) is 0 Å². The SMILES string of the molecule is CCc1nnc(N(C)C(C)CBr)nc1CC. The zero-order valence-corrected chi connectivity index (χ0v) is 12.0. The maximum Gasteiger partial charge on any atom is 0.245 e. The monoisotopic (exact) mass is 286 g/mol. The van der Waals surface area contributed by atoms with Crippen LogP contribution in [0.3, 0.4) is 0 Å². The molecule has 0 aliphatic heterocycles. The van der Waals surface area contributed by atoms with Crippen molar-refractivity contribution in [2.24, 2.45) is 0 Å². The molecule has 1 rings (SSSR count). The summed E-state index contributed by atoms with van der Waals surface area (Å²) in [7, 11) is 1.99. The Bertz CT molecular complexity index is 343. The average Bonchev–Trinajstić information content (AvgIpc) is 2.35. The van der Waals surface area contributed by atoms with Crippen LogP contribution in [0.2, 0.25) is 0 Å². The zero-order valence-electron chi connectivity index (χ0n) is 10.4. The van der Waals surface area contributed by atoms with Crippen LogP contribution in [-0.2, 0) is 12.8 Å². The van der Waals surface area contributed by atoms with Gasteiger partial charge < -0.3 is 4.90 Å². The van der Waals surface area contributed by atoms with Crippen LogP contribution in [-0.4, -0.2) is 33.6 Å². The maximum absolute atomic E-state index is 4.56. The highest BCUT2D eigenvalue weighted by atomic mass is 79.9. The summed E-state index contributed by atoms with van der Waals surface area (Å²) in [5, 5.41) is 9.30. The third-order valence-corrected chi connectivity index (χ3v) is 3.63. The number of anilines is 1. The predicted molar refractivity (Wildman–Crippen MR) is 70.2 cm³/mol. The van der Waals surface area contributed by atoms with Gasteiger partial charge >= 0.3 is 0 Å². The molecule has 0 amide bonds. The molecule has 0 aliphatic carbocycles. The van der Waals surface area contributed by atoms with Gasteiger partial charge in [0.15, 0.2) is 0 Å². The van der Waals surface area contributed by atoms with Crippen molar-refractivity contribution >= 4 is 21.9 Å². The van der Waals surface area contributed by atoms with Crippen molar-refractivity contribution in [1.29, 1.82) is 0 Å². The molecule has 1 unspecified atom stereocenters. The molecule has 4 nitrogen and oxygen atoms in total. The minimum atomic E-state index is 0.360. The quantitative estimate of drug-likeness (QED) is 0.779. The molecule has 0 fully saturated rings. The predicted octanol–water partition coefficient (Wildman–Crippen LogP) is 2.22. The van der Waals surface area contributed by atoms with E-state index in [1.54, 1.807) is 0 Å². The van der Waals surface area contributed by atoms with E-state index in [1.807, 2.05) is 11.9 Å². The van der Waals surface area contributed by atoms with Gasteiger partial charge in [0.05, 0.1) is 11.4 Å². The lowest BCUT2D eigenvalue weighted by molar-refractivity contribution is 0.709. The molecule has 1 atom stereocenters. The fraction of sp³-hybridized carbons (Fsp3) is 0.727. The number of alkyl halides is 1. The first-order chi connectivity index (χ1) is 7.63. The molecule has 0 saturated carbocycles. The van der Waals surface area contributed by atoms with E-state index in [0.717, 1.165) is 29.6 Å². The number of nitrogens with zero attached hydrogens (tertiary/aromatic N) is 4. The highest BCUT2D eigenvalue weighted by Gasteiger charge is 2.13. The second-order valence-corrected chi connectivity index (χ2v) is 4.47. The van der Waals surface area contributed by atoms with Gasteiger partial charge in [0, 0.05) is 18.4 Å². The van der Waals surface area contributed by atoms with Crippen LogP contribution in [0.1, 0.15) is 32.2 Å². The molecule has 0 saturated heterocycles. The standard InChI is InChI=1S/C11H19BrN4/c1-5-9-10(6-2)14-15-11(13-9)16(4)8(3)7-12/h8H,5-7H2,1-4H3. The number of hydrogen-bond donors (Lipinski definition) is 0. The molecule has 0 radical (unpaired) electrons. The molecule has 0 N–H and O–H groups in total. The normalized spacial score (nSPS) is 12.6. The number of rotatable bonds is 5. The number of aryl methyl sites for hydroxylation is 2. The van der Waals surface area contributed by atoms with E-state index >= 15 is 0 Å². The summed E-state index contributed by atoms with van der Waals surface area (Å²) in [5.74, 6) is 0.709. The molecular formula is C11H19BrN4. The van der Waals surface area contributed by atoms with Crippen LogP contribution >= 0.6 is 15.9 Å². The largest absolute Gasteiger partial charge is 0.339 e. The second kappa shape index (κ2) is 6.13. The number of aromatic nitrogens is 3. The lowest BCUT2D eigenvalue weighted by atomic mass is 10.2. The van der Waals surface area contributed by atoms with E-state index in [-0.39, 0.29) is 0 Å². The summed E-state index contributed by atoms with van der Waals surface area (Å²) in [5.41, 5.74) is 2.06. The smallest absolute Gasteiger partial charge is 0.245 e. The van der Waals surface area contributed by atoms with Gasteiger partial charge in [0.1, 0.15) is 0 Å². The summed E-state index contributed by atoms with van der Waals surface area (Å²) < 4.78 is 0. The van der Waals surface area contributed by atoms with Crippen molar-refractivity contribution < 1.29 is 0 Å². The summed E-state index contributed by atoms with van der Waals surface area (Å²) in [6.45, 7) is 6.30. The van der Waals surface area contributed by atoms with E-state index in [0.29, 0.717) is 12.0 Å². The molecule has 0 aromatic carbocycles. The molecule has 0 bridgehead atoms. The molecule has 0 aliphatic rings. The van der Waals surface area contributed by atoms with Crippen LogP contribution in [0.4, 0.5) is 5.95 Å². The minimum Gasteiger partial charge on any atom is -0.339 e. The fourth-order valence-electron chi connectivity index (χ4n) is 1.38. The Hall–Kier alpha value is -0.710. The Morgan fingerprint density at radius 1 is 1.19 bits per heavy atom. The van der Waals surface area contributed by atoms with Gasteiger partial charge in [-0.15, -0.1) is 5.10 Å². The Balaban J connectivity index is 2.98. The maximum atomic E-state index is 4.56. The van der Waals surface area contributed by atoms with Crippen molar-refractivity contribution in [2.75, 3.05) is 17.3 Å². The summed E-state index contributed by atoms with van der Waals surface area (Å²) in [6, 6.07) is 0.360. The highest BCUT2D eigenvalue weighted by Crippen LogP contribution is 2.12. The third-order valence-electron chi connectivity index (χ3n) is 2.70. The van der Waals surface area contributed by atoms with Gasteiger partial charge in [-0.25, -0.2) is 4.98 Å². The van der Waals surface area contributed by atoms with Crippen LogP contribution in [0.5, 0.6) is 0 Å². The first-order valence-electron chi connectivity index (χ1n) is 5.65. The molecule has 90 valence electrons. The van der Waals surface area contributed by atoms with Gasteiger partial charge in [0.25, 0.3) is 0 Å². The third kappa shape index (κ3) is 2.90. The Labute approximate surface area is 106 Å². The van der Waals surface area contributed by atoms with E-state index in [4.69, 9.17) is 0 Å². The summed E-state index contributed by atoms with van der Waals surface area (Å²) in [6.07, 6.45) is 1.80. The highest BCUT2D eigenvalue weighted by molar-refractivity contribution is 9.09. The molecule has 5 heteroatoms. The van der Waals surface area contributed by atoms with E-state index in [2.05, 4.69) is 51.9 Å². The Kier molecular flexibility index (Phi) is 5.12. The van der Waals surface area contributed by atoms with Gasteiger partial charge in [-0.2, -0.15) is 5.10 Å². The first kappa shape index (κ1) is 13.4. The number of hydrogen-bond acceptors (Lipinski definition) is 4. The molecule has 1 heterocycles. The molecular weight excluding hydrogens is 268 g/mol. The van der Waals surface area contributed by atoms with Crippen molar-refractivity contribution in [3.8, 4) is 0 Å². The number of halogens is 1. The van der Waals surface area contributed by atoms with Crippen molar-refractivity contribution in [2.45, 2.75) is 39.7 Å². The van der Waals surface area contributed by atoms with Crippen molar-refractivity contribution in [1.82, 2.24) is 15.2 Å². The van der Waals surface area contributed by atoms with Crippen LogP contribution in [0, 0.1) is 0 Å². The molecule has 0 spiro atoms. The summed E-state index contributed by atoms with van der Waals surface area (Å²) >= 11 is 3.46. The Morgan fingerprint density at radius 2 is 1.81 bits per heavy atom. The lowest BCUT2D eigenvalue weighted by Gasteiger charge is -2.23. The minimum absolute atomic E-state index is 0.360. The first-order valence-corrected chi connectivity index (χ1v) is 6.77. The van der Waals surface area contributed by atoms with Crippen LogP contribution in [0.15, 0.2) is 0 Å². The van der Waals surface area contributed by atoms with Crippen molar-refractivity contribution in [3.05, 3.63) is 11.4 Å². The van der Waals surface area contributed by atoms with Crippen LogP contribution in [0.25, 0.3) is 0 Å². The second-order valence-electron chi connectivity index (χ2n) is 3.83. The molecule has 16 heavy (non-hydrogen) atoms. The zero-order chi connectivity index (χ0) is 12.1. The lowest BCUT2D eigenvalue weighted by Crippen LogP contribution is -2.32. The molecule has 1 aromatic rings. The van der Waals surface area contributed by atoms with Gasteiger partial charge in [-0.3, -0.25) is 0 Å². The van der Waals surface area contributed by atoms with Gasteiger partial charge in [-0.1, -0.05) is 29.8 Å². The molecule has 1 aromatic heterocycles. The fourth-order valence-corrected chi connectivity index (χ4v) is 1.81. The Morgan fingerprint density at radius 3 is 2.31 bits per heavy atom. The average molecular weight is 287 g/mol. The van der Waals surface area contributed by atoms with Crippen molar-refractivity contribution in [3.63, 3.8) is 0 Å². The topological polar surface area (TPSA) is 41.9 Å². The van der Waals surface area contributed by atoms with E-state index < -0.39 is 0 Å². The summed E-state index contributed by atoms with van der Waals surface area (Å²) in [4.78, 5) is 6.60. The van der Waals surface area contributed by atoms with E-state index in [1.165, 1.54) is 0 Å². The van der Waals surface area contributed by atoms with Crippen LogP contribution < -0.4 is 4.90 Å². The van der Waals surface area contributed by atoms with Gasteiger partial charge in [0.2, 0.25) is 5.95 Å². The van der Waals surface area contributed by atoms with Gasteiger partial charge in [-0.05, 0) is 19.8 Å².